The van der Waals surface area contributed by atoms with Crippen LogP contribution in [0.1, 0.15) is 42.6 Å². The molecule has 0 bridgehead atoms. The molecule has 5 heterocycles. The summed E-state index contributed by atoms with van der Waals surface area (Å²) in [5, 5.41) is 69.8. The predicted molar refractivity (Wildman–Crippen MR) is 208 cm³/mol. The number of aliphatic hydroxyl groups excluding tert-OH is 4. The quantitative estimate of drug-likeness (QED) is 0.0706. The third kappa shape index (κ3) is 8.35. The van der Waals surface area contributed by atoms with Crippen molar-refractivity contribution in [2.75, 3.05) is 44.8 Å². The lowest BCUT2D eigenvalue weighted by atomic mass is 9.79. The second-order valence-corrected chi connectivity index (χ2v) is 15.5. The van der Waals surface area contributed by atoms with Crippen molar-refractivity contribution in [3.05, 3.63) is 87.6 Å². The number of carbonyl (C=O) groups excluding carboxylic acids is 1. The number of anilines is 1. The van der Waals surface area contributed by atoms with E-state index in [0.29, 0.717) is 84.6 Å². The zero-order valence-electron chi connectivity index (χ0n) is 31.9. The van der Waals surface area contributed by atoms with Crippen LogP contribution in [0.2, 0.25) is 0 Å². The van der Waals surface area contributed by atoms with Crippen molar-refractivity contribution in [2.24, 2.45) is 10.9 Å². The maximum atomic E-state index is 13.5. The first kappa shape index (κ1) is 40.5. The molecule has 4 aliphatic heterocycles. The van der Waals surface area contributed by atoms with Crippen LogP contribution in [0.4, 0.5) is 5.69 Å². The number of nitrogens with one attached hydrogen (secondary N) is 2. The first-order valence-electron chi connectivity index (χ1n) is 19.2. The Morgan fingerprint density at radius 2 is 1.93 bits per heavy atom. The zero-order chi connectivity index (χ0) is 40.5. The van der Waals surface area contributed by atoms with Crippen molar-refractivity contribution >= 4 is 28.3 Å². The summed E-state index contributed by atoms with van der Waals surface area (Å²) < 4.78 is 13.5. The van der Waals surface area contributed by atoms with Gasteiger partial charge in [0.05, 0.1) is 24.2 Å². The summed E-state index contributed by atoms with van der Waals surface area (Å²) in [5.74, 6) is 0.908. The van der Waals surface area contributed by atoms with Gasteiger partial charge in [0.1, 0.15) is 59.4 Å². The fourth-order valence-corrected chi connectivity index (χ4v) is 8.14. The van der Waals surface area contributed by atoms with Gasteiger partial charge in [0.15, 0.2) is 16.8 Å². The lowest BCUT2D eigenvalue weighted by Gasteiger charge is -2.45. The first-order valence-corrected chi connectivity index (χ1v) is 19.2. The number of aliphatic imine (C=N–C) groups is 1. The molecular weight excluding hydrogens is 740 g/mol. The van der Waals surface area contributed by atoms with Crippen LogP contribution in [0.3, 0.4) is 0 Å². The maximum Gasteiger partial charge on any atom is 0.220 e. The van der Waals surface area contributed by atoms with Crippen LogP contribution in [-0.4, -0.2) is 118 Å². The van der Waals surface area contributed by atoms with Crippen molar-refractivity contribution in [2.45, 2.75) is 81.1 Å². The Kier molecular flexibility index (Phi) is 11.9. The second kappa shape index (κ2) is 16.7. The van der Waals surface area contributed by atoms with E-state index in [1.54, 1.807) is 19.2 Å². The van der Waals surface area contributed by atoms with Gasteiger partial charge in [-0.3, -0.25) is 14.6 Å². The number of rotatable bonds is 17. The molecule has 1 fully saturated rings. The van der Waals surface area contributed by atoms with E-state index in [9.17, 15) is 40.2 Å². The maximum absolute atomic E-state index is 13.5. The minimum absolute atomic E-state index is 0.0231. The van der Waals surface area contributed by atoms with E-state index in [4.69, 9.17) is 18.9 Å². The Morgan fingerprint density at radius 3 is 2.63 bits per heavy atom. The summed E-state index contributed by atoms with van der Waals surface area (Å²) in [6.45, 7) is 1.54. The van der Waals surface area contributed by atoms with Crippen LogP contribution < -0.4 is 25.7 Å². The standard InChI is InChI=1S/C41H50N4O12/c1-23-13-31(48)29-15-27-16-33(57-54-22-40(53,39(52)36(51)32(49)21-46)17-24-3-5-28(47)6-4-24)41(10-12-42-2,9-7-25-14-34(50)44-18-25)56-37(27)35(38(29)55-23)45-19-26-8-11-43-30(26)20-45/h3-6,8,11,13,15,19,25,32-33,36,39,42,46-47,49,51-53H,7,9-10,12,14,16-18,20-22H2,1-2H3,(H,44,50). The van der Waals surface area contributed by atoms with Gasteiger partial charge < -0.3 is 55.3 Å². The summed E-state index contributed by atoms with van der Waals surface area (Å²) in [6, 6.07) is 9.00. The van der Waals surface area contributed by atoms with Gasteiger partial charge in [0.2, 0.25) is 5.91 Å². The molecule has 7 rings (SSSR count). The highest BCUT2D eigenvalue weighted by Crippen LogP contribution is 2.49. The lowest BCUT2D eigenvalue weighted by Crippen LogP contribution is -2.58. The average Bonchev–Trinajstić information content (AvgIpc) is 3.93. The molecule has 0 spiro atoms. The Bertz CT molecular complexity index is 2120. The Hall–Kier alpha value is -4.65. The van der Waals surface area contributed by atoms with E-state index in [1.807, 2.05) is 24.2 Å². The molecule has 4 aliphatic rings. The molecule has 1 saturated heterocycles. The number of allylic oxidation sites excluding steroid dienone is 1. The predicted octanol–water partition coefficient (Wildman–Crippen LogP) is 1.04. The molecule has 1 amide bonds. The smallest absolute Gasteiger partial charge is 0.220 e. The minimum atomic E-state index is -2.28. The normalized spacial score (nSPS) is 24.0. The van der Waals surface area contributed by atoms with Gasteiger partial charge in [-0.05, 0) is 69.1 Å². The highest BCUT2D eigenvalue weighted by molar-refractivity contribution is 6.12. The summed E-state index contributed by atoms with van der Waals surface area (Å²) in [4.78, 5) is 44.3. The summed E-state index contributed by atoms with van der Waals surface area (Å²) in [6.07, 6.45) is 0.586. The van der Waals surface area contributed by atoms with E-state index in [2.05, 4.69) is 15.6 Å². The summed E-state index contributed by atoms with van der Waals surface area (Å²) >= 11 is 0. The monoisotopic (exact) mass is 790 g/mol. The van der Waals surface area contributed by atoms with Gasteiger partial charge in [-0.2, -0.15) is 0 Å². The van der Waals surface area contributed by atoms with Gasteiger partial charge >= 0.3 is 0 Å². The van der Waals surface area contributed by atoms with E-state index in [0.717, 1.165) is 11.3 Å². The molecule has 57 heavy (non-hydrogen) atoms. The van der Waals surface area contributed by atoms with Gasteiger partial charge in [-0.1, -0.05) is 12.1 Å². The number of hydrogen-bond donors (Lipinski definition) is 8. The number of aryl methyl sites for hydroxylation is 1. The Balaban J connectivity index is 1.27. The number of hydrogen-bond acceptors (Lipinski definition) is 15. The molecule has 0 aliphatic carbocycles. The number of aliphatic hydroxyl groups is 5. The number of nitrogens with zero attached hydrogens (tertiary/aromatic N) is 2. The van der Waals surface area contributed by atoms with Crippen LogP contribution in [0.25, 0.3) is 11.0 Å². The molecule has 16 nitrogen and oxygen atoms in total. The molecule has 2 aromatic carbocycles. The van der Waals surface area contributed by atoms with E-state index in [1.165, 1.54) is 30.3 Å². The van der Waals surface area contributed by atoms with Gasteiger partial charge in [0, 0.05) is 61.8 Å². The van der Waals surface area contributed by atoms with E-state index < -0.39 is 48.8 Å². The highest BCUT2D eigenvalue weighted by Gasteiger charge is 2.50. The number of aromatic hydroxyl groups is 1. The van der Waals surface area contributed by atoms with Crippen LogP contribution in [-0.2, 0) is 27.4 Å². The Morgan fingerprint density at radius 1 is 1.14 bits per heavy atom. The topological polar surface area (TPSA) is 236 Å². The minimum Gasteiger partial charge on any atom is -0.508 e. The molecule has 16 heteroatoms. The van der Waals surface area contributed by atoms with Crippen molar-refractivity contribution in [3.8, 4) is 11.5 Å². The molecule has 0 saturated carbocycles. The number of carbonyl (C=O) groups is 1. The molecule has 3 aromatic rings. The van der Waals surface area contributed by atoms with Crippen molar-refractivity contribution in [1.82, 2.24) is 10.6 Å². The summed E-state index contributed by atoms with van der Waals surface area (Å²) in [5.41, 5.74) is 0.177. The van der Waals surface area contributed by atoms with Crippen molar-refractivity contribution < 1.29 is 54.4 Å². The summed E-state index contributed by atoms with van der Waals surface area (Å²) in [7, 11) is 1.81. The third-order valence-corrected chi connectivity index (χ3v) is 11.4. The number of benzene rings is 2. The second-order valence-electron chi connectivity index (χ2n) is 15.5. The van der Waals surface area contributed by atoms with Gasteiger partial charge in [0.25, 0.3) is 0 Å². The molecule has 306 valence electrons. The van der Waals surface area contributed by atoms with Crippen LogP contribution in [0.15, 0.2) is 74.7 Å². The van der Waals surface area contributed by atoms with Gasteiger partial charge in [-0.15, -0.1) is 0 Å². The molecular formula is C41H50N4O12. The SMILES string of the molecule is CNCCC1(CCC2CNC(=O)C2)Oc2c(cc3c(=O)cc(C)oc3c2N2C=C3C=CN=C3C2)CC1OOCC(O)(Cc1ccc(O)cc1)C(O)C(O)C(O)CO. The Labute approximate surface area is 328 Å². The van der Waals surface area contributed by atoms with Crippen LogP contribution in [0.5, 0.6) is 11.5 Å². The highest BCUT2D eigenvalue weighted by atomic mass is 17.2. The molecule has 8 N–H and O–H groups in total. The van der Waals surface area contributed by atoms with Crippen LogP contribution in [0, 0.1) is 12.8 Å². The third-order valence-electron chi connectivity index (χ3n) is 11.4. The average molecular weight is 791 g/mol. The largest absolute Gasteiger partial charge is 0.508 e. The van der Waals surface area contributed by atoms with E-state index in [-0.39, 0.29) is 35.8 Å². The lowest BCUT2D eigenvalue weighted by molar-refractivity contribution is -0.373. The number of phenolic OH excluding ortho intramolecular Hbond substituents is 1. The zero-order valence-corrected chi connectivity index (χ0v) is 31.9. The number of fused-ring (bicyclic) bond motifs is 3. The van der Waals surface area contributed by atoms with Gasteiger partial charge in [-0.25, -0.2) is 9.78 Å². The fraction of sp³-hybridized carbons (Fsp3) is 0.488. The molecule has 7 unspecified atom stereocenters. The molecule has 7 atom stereocenters. The van der Waals surface area contributed by atoms with E-state index >= 15 is 0 Å². The van der Waals surface area contributed by atoms with Crippen molar-refractivity contribution in [1.29, 1.82) is 0 Å². The van der Waals surface area contributed by atoms with Crippen molar-refractivity contribution in [3.63, 3.8) is 0 Å². The van der Waals surface area contributed by atoms with Crippen LogP contribution >= 0.6 is 0 Å². The first-order chi connectivity index (χ1) is 27.3. The number of ether oxygens (including phenoxy) is 1. The number of phenols is 1. The molecule has 1 aromatic heterocycles. The fourth-order valence-electron chi connectivity index (χ4n) is 8.14. The number of amides is 1. The molecule has 0 radical (unpaired) electrons.